The molecule has 5 aromatic rings. The summed E-state index contributed by atoms with van der Waals surface area (Å²) in [5.74, 6) is 4.09. The van der Waals surface area contributed by atoms with Crippen LogP contribution in [0.25, 0.3) is 58.7 Å². The maximum absolute atomic E-state index is 11.4. The average Bonchev–Trinajstić information content (AvgIpc) is 0.788. The van der Waals surface area contributed by atoms with Gasteiger partial charge in [-0.1, -0.05) is 195 Å². The zero-order valence-corrected chi connectivity index (χ0v) is 66.9. The normalized spacial score (nSPS) is 11.7. The second-order valence-electron chi connectivity index (χ2n) is 27.2. The van der Waals surface area contributed by atoms with Gasteiger partial charge in [0, 0.05) is 67.8 Å². The molecule has 0 aromatic heterocycles. The Balaban J connectivity index is 1.73. The molecule has 0 radical (unpaired) electrons. The Kier molecular flexibility index (Phi) is 43.6. The van der Waals surface area contributed by atoms with E-state index in [-0.39, 0.29) is 22.3 Å². The molecule has 0 aliphatic carbocycles. The van der Waals surface area contributed by atoms with Crippen LogP contribution < -0.4 is 47.4 Å². The molecule has 0 N–H and O–H groups in total. The van der Waals surface area contributed by atoms with Crippen molar-refractivity contribution in [1.29, 1.82) is 31.6 Å². The summed E-state index contributed by atoms with van der Waals surface area (Å²) in [6, 6.07) is 31.7. The SMILES string of the molecule is CCCCCCCCOc1cc(/C=C(\C#N)c2cc(OCCCCCCCC)c(/C(C#N)=C/c3cc(OCCCCCCCC)c(/C=C/C#N)cc3OC)cc2OC)c(OC)cc1/C=C(\C#N)c1cc(OCCCCCCCC)c(/C(C#N)=C/c2cc(OCCCCCCCC)c(/C=C/C#N)cc2OC)cc1OC. The van der Waals surface area contributed by atoms with Gasteiger partial charge in [-0.15, -0.1) is 0 Å². The molecule has 0 aliphatic rings. The number of nitriles is 6. The lowest BCUT2D eigenvalue weighted by Gasteiger charge is -2.18. The van der Waals surface area contributed by atoms with E-state index in [1.165, 1.54) is 52.1 Å². The van der Waals surface area contributed by atoms with Gasteiger partial charge < -0.3 is 47.4 Å². The fourth-order valence-corrected chi connectivity index (χ4v) is 12.8. The zero-order chi connectivity index (χ0) is 78.6. The summed E-state index contributed by atoms with van der Waals surface area (Å²) in [5.41, 5.74) is 5.96. The van der Waals surface area contributed by atoms with Gasteiger partial charge in [-0.3, -0.25) is 0 Å². The van der Waals surface area contributed by atoms with E-state index in [1.54, 1.807) is 100 Å². The van der Waals surface area contributed by atoms with Gasteiger partial charge in [-0.2, -0.15) is 31.6 Å². The summed E-state index contributed by atoms with van der Waals surface area (Å²) >= 11 is 0. The van der Waals surface area contributed by atoms with E-state index in [0.29, 0.717) is 146 Å². The first-order valence-corrected chi connectivity index (χ1v) is 39.8. The summed E-state index contributed by atoms with van der Waals surface area (Å²) < 4.78 is 63.3. The summed E-state index contributed by atoms with van der Waals surface area (Å²) in [5, 5.41) is 64.2. The minimum atomic E-state index is 0.191. The molecule has 0 heterocycles. The van der Waals surface area contributed by atoms with Crippen molar-refractivity contribution in [2.45, 2.75) is 227 Å². The molecule has 580 valence electrons. The summed E-state index contributed by atoms with van der Waals surface area (Å²) in [7, 11) is 7.69. The number of methoxy groups -OCH3 is 5. The van der Waals surface area contributed by atoms with Gasteiger partial charge in [0.25, 0.3) is 0 Å². The number of nitrogens with zero attached hydrogens (tertiary/aromatic N) is 6. The smallest absolute Gasteiger partial charge is 0.128 e. The Morgan fingerprint density at radius 3 is 0.697 bits per heavy atom. The number of rotatable bonds is 55. The maximum Gasteiger partial charge on any atom is 0.128 e. The molecule has 16 nitrogen and oxygen atoms in total. The molecule has 0 saturated carbocycles. The third-order valence-electron chi connectivity index (χ3n) is 19.0. The summed E-state index contributed by atoms with van der Waals surface area (Å²) in [4.78, 5) is 0. The second kappa shape index (κ2) is 53.3. The molecule has 5 aromatic carbocycles. The highest BCUT2D eigenvalue weighted by molar-refractivity contribution is 6.00. The molecule has 0 saturated heterocycles. The molecule has 16 heteroatoms. The van der Waals surface area contributed by atoms with Crippen molar-refractivity contribution in [2.75, 3.05) is 68.6 Å². The lowest BCUT2D eigenvalue weighted by molar-refractivity contribution is 0.302. The Hall–Kier alpha value is -10.5. The van der Waals surface area contributed by atoms with Crippen LogP contribution in [0.2, 0.25) is 0 Å². The topological polar surface area (TPSA) is 235 Å². The van der Waals surface area contributed by atoms with Crippen LogP contribution in [0.5, 0.6) is 57.5 Å². The van der Waals surface area contributed by atoms with Crippen LogP contribution in [0.3, 0.4) is 0 Å². The van der Waals surface area contributed by atoms with Gasteiger partial charge in [0.2, 0.25) is 0 Å². The molecule has 0 amide bonds. The van der Waals surface area contributed by atoms with E-state index in [2.05, 4.69) is 71.0 Å². The van der Waals surface area contributed by atoms with Crippen LogP contribution in [-0.4, -0.2) is 68.6 Å². The van der Waals surface area contributed by atoms with E-state index < -0.39 is 0 Å². The van der Waals surface area contributed by atoms with E-state index in [9.17, 15) is 31.6 Å². The molecule has 0 aliphatic heterocycles. The zero-order valence-electron chi connectivity index (χ0n) is 66.9. The first-order valence-electron chi connectivity index (χ1n) is 39.8. The standard InChI is InChI=1S/C93H118N6O10/c1-11-16-21-26-31-36-47-105-87-59-72(84(100-6)56-70(87)43-41-45-94)53-78(68-98)82-62-90(103-9)80(64-92(82)108-50-39-34-29-24-19-14-4)76(66-96)52-74-61-89(107-49-38-33-28-23-18-13-3)75(58-86(74)102-8)55-77(67-97)81-65-93(109-51-40-35-30-25-20-15-5)83(63-91(81)104-10)79(69-99)54-73-60-88(106-48-37-32-27-22-17-12-2)71(44-42-46-95)57-85(73)101-7/h41-44,52-65H,11-40,47-51H2,1-10H3/b43-41+,44-42+,76-52+,77-55+,78-53+,79-54+. The minimum absolute atomic E-state index is 0.191. The lowest BCUT2D eigenvalue weighted by Crippen LogP contribution is -2.04. The van der Waals surface area contributed by atoms with Crippen LogP contribution in [0.15, 0.2) is 72.8 Å². The third kappa shape index (κ3) is 29.9. The number of hydrogen-bond acceptors (Lipinski definition) is 16. The van der Waals surface area contributed by atoms with Crippen molar-refractivity contribution in [2.24, 2.45) is 0 Å². The van der Waals surface area contributed by atoms with E-state index in [4.69, 9.17) is 47.4 Å². The Morgan fingerprint density at radius 2 is 0.450 bits per heavy atom. The second-order valence-corrected chi connectivity index (χ2v) is 27.2. The first-order chi connectivity index (χ1) is 53.4. The Morgan fingerprint density at radius 1 is 0.248 bits per heavy atom. The van der Waals surface area contributed by atoms with Crippen LogP contribution in [0.4, 0.5) is 0 Å². The molecular formula is C93H118N6O10. The number of ether oxygens (including phenoxy) is 10. The predicted molar refractivity (Wildman–Crippen MR) is 443 cm³/mol. The monoisotopic (exact) mass is 1480 g/mol. The minimum Gasteiger partial charge on any atom is -0.496 e. The molecule has 5 rings (SSSR count). The largest absolute Gasteiger partial charge is 0.496 e. The van der Waals surface area contributed by atoms with Gasteiger partial charge in [-0.25, -0.2) is 0 Å². The molecule has 0 atom stereocenters. The fourth-order valence-electron chi connectivity index (χ4n) is 12.8. The van der Waals surface area contributed by atoms with E-state index in [1.807, 2.05) is 18.2 Å². The van der Waals surface area contributed by atoms with E-state index >= 15 is 0 Å². The molecule has 0 fully saturated rings. The van der Waals surface area contributed by atoms with Crippen molar-refractivity contribution >= 4 is 58.7 Å². The van der Waals surface area contributed by atoms with Gasteiger partial charge in [0.15, 0.2) is 0 Å². The van der Waals surface area contributed by atoms with Crippen molar-refractivity contribution in [3.05, 3.63) is 128 Å². The number of benzene rings is 5. The van der Waals surface area contributed by atoms with Crippen LogP contribution >= 0.6 is 0 Å². The number of hydrogen-bond donors (Lipinski definition) is 0. The number of allylic oxidation sites excluding steroid dienone is 6. The highest BCUT2D eigenvalue weighted by Gasteiger charge is 2.24. The maximum atomic E-state index is 11.4. The molecule has 0 spiro atoms. The third-order valence-corrected chi connectivity index (χ3v) is 19.0. The molecule has 109 heavy (non-hydrogen) atoms. The van der Waals surface area contributed by atoms with E-state index in [0.717, 1.165) is 167 Å². The van der Waals surface area contributed by atoms with Crippen molar-refractivity contribution < 1.29 is 47.4 Å². The highest BCUT2D eigenvalue weighted by Crippen LogP contribution is 2.44. The van der Waals surface area contributed by atoms with Gasteiger partial charge in [0.1, 0.15) is 57.5 Å². The lowest BCUT2D eigenvalue weighted by atomic mass is 9.94. The number of unbranched alkanes of at least 4 members (excludes halogenated alkanes) is 25. The van der Waals surface area contributed by atoms with Crippen molar-refractivity contribution in [3.8, 4) is 93.9 Å². The van der Waals surface area contributed by atoms with Gasteiger partial charge in [-0.05, 0) is 129 Å². The molecule has 0 bridgehead atoms. The fraction of sp³-hybridized carbons (Fsp3) is 0.484. The first kappa shape index (κ1) is 89.1. The Labute approximate surface area is 652 Å². The predicted octanol–water partition coefficient (Wildman–Crippen LogP) is 24.8. The van der Waals surface area contributed by atoms with Gasteiger partial charge >= 0.3 is 0 Å². The van der Waals surface area contributed by atoms with Crippen LogP contribution in [-0.2, 0) is 0 Å². The van der Waals surface area contributed by atoms with Crippen molar-refractivity contribution in [3.63, 3.8) is 0 Å². The Bertz CT molecular complexity index is 4100. The van der Waals surface area contributed by atoms with Crippen LogP contribution in [0, 0.1) is 68.0 Å². The highest BCUT2D eigenvalue weighted by atomic mass is 16.5. The average molecular weight is 1480 g/mol. The van der Waals surface area contributed by atoms with Gasteiger partial charge in [0.05, 0.1) is 127 Å². The quantitative estimate of drug-likeness (QED) is 0.0200. The summed E-state index contributed by atoms with van der Waals surface area (Å²) in [6.45, 7) is 12.9. The molecular weight excluding hydrogens is 1360 g/mol. The summed E-state index contributed by atoms with van der Waals surface area (Å²) in [6.07, 6.45) is 44.6. The van der Waals surface area contributed by atoms with Crippen molar-refractivity contribution in [1.82, 2.24) is 0 Å². The molecule has 0 unspecified atom stereocenters. The van der Waals surface area contributed by atoms with Crippen LogP contribution in [0.1, 0.15) is 283 Å².